The molecule has 160 valence electrons. The Labute approximate surface area is 201 Å². The number of nitrogens with zero attached hydrogens (tertiary/aromatic N) is 1. The van der Waals surface area contributed by atoms with E-state index in [2.05, 4.69) is 37.2 Å². The van der Waals surface area contributed by atoms with Crippen molar-refractivity contribution in [2.75, 3.05) is 10.2 Å². The molecule has 5 nitrogen and oxygen atoms in total. The second-order valence-electron chi connectivity index (χ2n) is 8.48. The van der Waals surface area contributed by atoms with Crippen molar-refractivity contribution in [1.29, 1.82) is 0 Å². The van der Waals surface area contributed by atoms with Crippen LogP contribution in [0.15, 0.2) is 42.5 Å². The molecule has 0 spiro atoms. The van der Waals surface area contributed by atoms with E-state index in [-0.39, 0.29) is 51.0 Å². The van der Waals surface area contributed by atoms with E-state index in [1.807, 2.05) is 13.0 Å². The fraction of sp³-hybridized carbons (Fsp3) is 0.348. The van der Waals surface area contributed by atoms with Gasteiger partial charge in [-0.3, -0.25) is 19.3 Å². The molecule has 2 saturated carbocycles. The normalized spacial score (nSPS) is 31.3. The number of carbonyl (C=O) groups excluding carboxylic acids is 3. The van der Waals surface area contributed by atoms with Crippen LogP contribution in [0.25, 0.3) is 0 Å². The average molecular weight is 567 g/mol. The minimum atomic E-state index is -0.326. The Morgan fingerprint density at radius 1 is 1.03 bits per heavy atom. The van der Waals surface area contributed by atoms with Gasteiger partial charge in [0.2, 0.25) is 11.8 Å². The van der Waals surface area contributed by atoms with Crippen LogP contribution in [0.1, 0.15) is 22.3 Å². The van der Waals surface area contributed by atoms with E-state index < -0.39 is 0 Å². The van der Waals surface area contributed by atoms with Gasteiger partial charge in [0.15, 0.2) is 0 Å². The summed E-state index contributed by atoms with van der Waals surface area (Å²) in [5.74, 6) is -0.919. The summed E-state index contributed by atoms with van der Waals surface area (Å²) in [5, 5.41) is 3.39. The zero-order chi connectivity index (χ0) is 22.0. The number of carbonyl (C=O) groups is 3. The van der Waals surface area contributed by atoms with Crippen molar-refractivity contribution in [3.63, 3.8) is 0 Å². The van der Waals surface area contributed by atoms with E-state index in [9.17, 15) is 14.4 Å². The van der Waals surface area contributed by atoms with Crippen molar-refractivity contribution in [2.24, 2.45) is 23.7 Å². The first-order valence-electron chi connectivity index (χ1n) is 10.1. The number of hydrogen-bond donors (Lipinski definition) is 1. The van der Waals surface area contributed by atoms with Gasteiger partial charge in [-0.15, -0.1) is 0 Å². The Morgan fingerprint density at radius 2 is 1.68 bits per heavy atom. The fourth-order valence-corrected chi connectivity index (χ4v) is 7.36. The molecule has 3 amide bonds. The van der Waals surface area contributed by atoms with Crippen LogP contribution in [-0.4, -0.2) is 27.4 Å². The number of amides is 3. The Hall–Kier alpha value is -1.70. The molecule has 1 aliphatic heterocycles. The van der Waals surface area contributed by atoms with Crippen molar-refractivity contribution in [3.8, 4) is 0 Å². The highest BCUT2D eigenvalue weighted by Crippen LogP contribution is 2.60. The van der Waals surface area contributed by atoms with Crippen LogP contribution >= 0.6 is 43.5 Å². The van der Waals surface area contributed by atoms with Crippen molar-refractivity contribution in [2.45, 2.75) is 23.0 Å². The predicted molar refractivity (Wildman–Crippen MR) is 127 cm³/mol. The van der Waals surface area contributed by atoms with E-state index in [1.165, 1.54) is 4.90 Å². The highest BCUT2D eigenvalue weighted by molar-refractivity contribution is 9.12. The number of imide groups is 1. The third-order valence-electron chi connectivity index (χ3n) is 6.80. The van der Waals surface area contributed by atoms with E-state index in [1.54, 1.807) is 36.4 Å². The highest BCUT2D eigenvalue weighted by Gasteiger charge is 2.66. The van der Waals surface area contributed by atoms with E-state index in [4.69, 9.17) is 11.6 Å². The lowest BCUT2D eigenvalue weighted by atomic mass is 9.81. The zero-order valence-corrected chi connectivity index (χ0v) is 20.4. The minimum Gasteiger partial charge on any atom is -0.322 e. The molecule has 0 aromatic heterocycles. The number of anilines is 2. The number of nitrogens with one attached hydrogen (secondary N) is 1. The molecule has 0 unspecified atom stereocenters. The summed E-state index contributed by atoms with van der Waals surface area (Å²) < 4.78 is 0. The van der Waals surface area contributed by atoms with Gasteiger partial charge in [-0.25, -0.2) is 0 Å². The van der Waals surface area contributed by atoms with Gasteiger partial charge in [0, 0.05) is 25.9 Å². The molecule has 2 aromatic rings. The van der Waals surface area contributed by atoms with Gasteiger partial charge in [-0.2, -0.15) is 0 Å². The van der Waals surface area contributed by atoms with Crippen LogP contribution in [0, 0.1) is 30.6 Å². The molecule has 6 atom stereocenters. The summed E-state index contributed by atoms with van der Waals surface area (Å²) in [6.45, 7) is 1.88. The minimum absolute atomic E-state index is 0.151. The summed E-state index contributed by atoms with van der Waals surface area (Å²) in [5.41, 5.74) is 2.32. The lowest BCUT2D eigenvalue weighted by molar-refractivity contribution is -0.123. The van der Waals surface area contributed by atoms with Gasteiger partial charge >= 0.3 is 0 Å². The highest BCUT2D eigenvalue weighted by atomic mass is 79.9. The number of hydrogen-bond acceptors (Lipinski definition) is 3. The first kappa shape index (κ1) is 21.2. The van der Waals surface area contributed by atoms with Crippen molar-refractivity contribution in [3.05, 3.63) is 58.6 Å². The van der Waals surface area contributed by atoms with E-state index in [0.717, 1.165) is 12.0 Å². The topological polar surface area (TPSA) is 66.5 Å². The SMILES string of the molecule is Cc1ccc(Cl)cc1NC(=O)c1cccc(N2C(=O)[C@@H]3[C@H]4C[C@@H]([C@H](Br)[C@@H]4Br)[C@@H]3C2=O)c1. The first-order valence-corrected chi connectivity index (χ1v) is 12.3. The molecule has 1 saturated heterocycles. The second-order valence-corrected chi connectivity index (χ2v) is 11.0. The quantitative estimate of drug-likeness (QED) is 0.411. The number of fused-ring (bicyclic) bond motifs is 5. The average Bonchev–Trinajstić information content (AvgIpc) is 3.35. The standard InChI is InChI=1S/C23H19Br2ClN2O3/c1-10-5-6-12(26)8-16(10)27-21(29)11-3-2-4-13(7-11)28-22(30)17-14-9-15(18(17)23(28)31)20(25)19(14)24/h2-8,14-15,17-20H,9H2,1H3,(H,27,29)/t14-,15-,17-,18+,19-,20+/m1/s1. The van der Waals surface area contributed by atoms with Gasteiger partial charge in [-0.05, 0) is 61.1 Å². The van der Waals surface area contributed by atoms with Gasteiger partial charge < -0.3 is 5.32 Å². The van der Waals surface area contributed by atoms with Crippen molar-refractivity contribution < 1.29 is 14.4 Å². The van der Waals surface area contributed by atoms with Gasteiger partial charge in [0.25, 0.3) is 5.91 Å². The summed E-state index contributed by atoms with van der Waals surface area (Å²) in [6, 6.07) is 11.9. The number of rotatable bonds is 3. The fourth-order valence-electron chi connectivity index (χ4n) is 5.31. The van der Waals surface area contributed by atoms with Crippen LogP contribution in [0.3, 0.4) is 0 Å². The summed E-state index contributed by atoms with van der Waals surface area (Å²) in [6.07, 6.45) is 0.883. The Kier molecular flexibility index (Phi) is 5.26. The molecular weight excluding hydrogens is 548 g/mol. The zero-order valence-electron chi connectivity index (χ0n) is 16.5. The van der Waals surface area contributed by atoms with Gasteiger partial charge in [0.05, 0.1) is 17.5 Å². The Balaban J connectivity index is 1.42. The van der Waals surface area contributed by atoms with Gasteiger partial charge in [0.1, 0.15) is 0 Å². The molecule has 0 radical (unpaired) electrons. The lowest BCUT2D eigenvalue weighted by Crippen LogP contribution is -2.37. The number of benzene rings is 2. The monoisotopic (exact) mass is 564 g/mol. The lowest BCUT2D eigenvalue weighted by Gasteiger charge is -2.28. The van der Waals surface area contributed by atoms with Crippen LogP contribution in [-0.2, 0) is 9.59 Å². The molecule has 31 heavy (non-hydrogen) atoms. The van der Waals surface area contributed by atoms with Gasteiger partial charge in [-0.1, -0.05) is 55.6 Å². The maximum absolute atomic E-state index is 13.2. The molecule has 2 bridgehead atoms. The predicted octanol–water partition coefficient (Wildman–Crippen LogP) is 5.18. The molecule has 8 heteroatoms. The van der Waals surface area contributed by atoms with Crippen molar-refractivity contribution >= 4 is 72.6 Å². The summed E-state index contributed by atoms with van der Waals surface area (Å²) in [4.78, 5) is 41.0. The van der Waals surface area contributed by atoms with Crippen LogP contribution in [0.5, 0.6) is 0 Å². The third-order valence-corrected chi connectivity index (χ3v) is 10.2. The van der Waals surface area contributed by atoms with E-state index >= 15 is 0 Å². The maximum atomic E-state index is 13.2. The molecule has 2 aromatic carbocycles. The second kappa shape index (κ2) is 7.71. The molecule has 5 rings (SSSR count). The van der Waals surface area contributed by atoms with Crippen LogP contribution < -0.4 is 10.2 Å². The number of alkyl halides is 2. The molecule has 1 heterocycles. The molecule has 3 fully saturated rings. The Bertz CT molecular complexity index is 1090. The number of halogens is 3. The van der Waals surface area contributed by atoms with Crippen LogP contribution in [0.4, 0.5) is 11.4 Å². The third kappa shape index (κ3) is 3.28. The number of aryl methyl sites for hydroxylation is 1. The maximum Gasteiger partial charge on any atom is 0.255 e. The van der Waals surface area contributed by atoms with E-state index in [0.29, 0.717) is 22.0 Å². The molecule has 1 N–H and O–H groups in total. The summed E-state index contributed by atoms with van der Waals surface area (Å²) in [7, 11) is 0. The summed E-state index contributed by atoms with van der Waals surface area (Å²) >= 11 is 13.5. The van der Waals surface area contributed by atoms with Crippen LogP contribution in [0.2, 0.25) is 5.02 Å². The Morgan fingerprint density at radius 3 is 2.32 bits per heavy atom. The molecule has 2 aliphatic carbocycles. The smallest absolute Gasteiger partial charge is 0.255 e. The first-order chi connectivity index (χ1) is 14.8. The largest absolute Gasteiger partial charge is 0.322 e. The molecule has 3 aliphatic rings. The molecular formula is C23H19Br2ClN2O3. The van der Waals surface area contributed by atoms with Crippen molar-refractivity contribution in [1.82, 2.24) is 0 Å².